The third kappa shape index (κ3) is 5.46. The van der Waals surface area contributed by atoms with Gasteiger partial charge in [-0.2, -0.15) is 0 Å². The van der Waals surface area contributed by atoms with Crippen LogP contribution in [0.15, 0.2) is 0 Å². The molecule has 3 N–H and O–H groups in total. The SMILES string of the molecule is CN(CCC(=N)N)CCS(=O)(=O)C(C)(C)C. The first-order chi connectivity index (χ1) is 7.06. The van der Waals surface area contributed by atoms with Crippen molar-refractivity contribution in [1.82, 2.24) is 4.90 Å². The summed E-state index contributed by atoms with van der Waals surface area (Å²) < 4.78 is 22.9. The molecule has 0 bridgehead atoms. The summed E-state index contributed by atoms with van der Waals surface area (Å²) in [6.45, 7) is 6.22. The van der Waals surface area contributed by atoms with Gasteiger partial charge in [-0.05, 0) is 27.8 Å². The van der Waals surface area contributed by atoms with Crippen LogP contribution >= 0.6 is 0 Å². The lowest BCUT2D eigenvalue weighted by atomic mass is 10.3. The van der Waals surface area contributed by atoms with Crippen LogP contribution in [0.3, 0.4) is 0 Å². The smallest absolute Gasteiger partial charge is 0.156 e. The molecule has 0 fully saturated rings. The molecule has 0 heterocycles. The van der Waals surface area contributed by atoms with Gasteiger partial charge >= 0.3 is 0 Å². The maximum Gasteiger partial charge on any atom is 0.156 e. The molecule has 5 nitrogen and oxygen atoms in total. The maximum atomic E-state index is 11.8. The first-order valence-electron chi connectivity index (χ1n) is 5.30. The standard InChI is InChI=1S/C10H23N3O2S/c1-10(2,3)16(14,15)8-7-13(4)6-5-9(11)12/h5-8H2,1-4H3,(H3,11,12). The molecule has 0 aliphatic carbocycles. The number of hydrogen-bond acceptors (Lipinski definition) is 4. The van der Waals surface area contributed by atoms with Gasteiger partial charge < -0.3 is 10.6 Å². The van der Waals surface area contributed by atoms with E-state index in [9.17, 15) is 8.42 Å². The lowest BCUT2D eigenvalue weighted by Gasteiger charge is -2.22. The summed E-state index contributed by atoms with van der Waals surface area (Å²) in [6, 6.07) is 0. The predicted octanol–water partition coefficient (Wildman–Crippen LogP) is 0.458. The van der Waals surface area contributed by atoms with Crippen molar-refractivity contribution < 1.29 is 8.42 Å². The molecule has 0 atom stereocenters. The monoisotopic (exact) mass is 249 g/mol. The number of amidine groups is 1. The molecule has 16 heavy (non-hydrogen) atoms. The molecule has 0 aromatic heterocycles. The minimum Gasteiger partial charge on any atom is -0.388 e. The van der Waals surface area contributed by atoms with E-state index in [0.29, 0.717) is 19.5 Å². The summed E-state index contributed by atoms with van der Waals surface area (Å²) in [6.07, 6.45) is 0.478. The van der Waals surface area contributed by atoms with Gasteiger partial charge in [0.25, 0.3) is 0 Å². The van der Waals surface area contributed by atoms with Crippen LogP contribution in [0.5, 0.6) is 0 Å². The number of sulfone groups is 1. The number of rotatable bonds is 6. The molecule has 0 aromatic rings. The lowest BCUT2D eigenvalue weighted by molar-refractivity contribution is 0.362. The fourth-order valence-electron chi connectivity index (χ4n) is 1.01. The normalized spacial score (nSPS) is 13.1. The quantitative estimate of drug-likeness (QED) is 0.529. The minimum absolute atomic E-state index is 0.130. The number of nitrogens with zero attached hydrogens (tertiary/aromatic N) is 1. The molecule has 0 saturated heterocycles. The lowest BCUT2D eigenvalue weighted by Crippen LogP contribution is -2.36. The maximum absolute atomic E-state index is 11.8. The summed E-state index contributed by atoms with van der Waals surface area (Å²) in [5.41, 5.74) is 5.23. The molecule has 0 radical (unpaired) electrons. The highest BCUT2D eigenvalue weighted by Gasteiger charge is 2.28. The Morgan fingerprint density at radius 2 is 1.81 bits per heavy atom. The van der Waals surface area contributed by atoms with Crippen LogP contribution in [-0.2, 0) is 9.84 Å². The third-order valence-corrected chi connectivity index (χ3v) is 5.02. The van der Waals surface area contributed by atoms with E-state index in [1.54, 1.807) is 20.8 Å². The molecule has 6 heteroatoms. The number of nitrogens with one attached hydrogen (secondary N) is 1. The fraction of sp³-hybridized carbons (Fsp3) is 0.900. The van der Waals surface area contributed by atoms with E-state index in [-0.39, 0.29) is 11.6 Å². The molecule has 0 aromatic carbocycles. The summed E-state index contributed by atoms with van der Waals surface area (Å²) in [5, 5.41) is 7.07. The van der Waals surface area contributed by atoms with Crippen LogP contribution < -0.4 is 5.73 Å². The molecule has 0 rings (SSSR count). The van der Waals surface area contributed by atoms with E-state index < -0.39 is 14.6 Å². The Morgan fingerprint density at radius 1 is 1.31 bits per heavy atom. The zero-order valence-electron chi connectivity index (χ0n) is 10.6. The second-order valence-corrected chi connectivity index (χ2v) is 7.87. The predicted molar refractivity (Wildman–Crippen MR) is 67.6 cm³/mol. The van der Waals surface area contributed by atoms with Gasteiger partial charge in [0.1, 0.15) is 0 Å². The van der Waals surface area contributed by atoms with Crippen LogP contribution in [0.4, 0.5) is 0 Å². The fourth-order valence-corrected chi connectivity index (χ4v) is 2.17. The van der Waals surface area contributed by atoms with Crippen molar-refractivity contribution in [2.45, 2.75) is 31.9 Å². The highest BCUT2D eigenvalue weighted by atomic mass is 32.2. The van der Waals surface area contributed by atoms with Gasteiger partial charge in [0.2, 0.25) is 0 Å². The Morgan fingerprint density at radius 3 is 2.19 bits per heavy atom. The first-order valence-corrected chi connectivity index (χ1v) is 6.95. The summed E-state index contributed by atoms with van der Waals surface area (Å²) in [4.78, 5) is 1.88. The summed E-state index contributed by atoms with van der Waals surface area (Å²) in [5.74, 6) is 0.274. The second-order valence-electron chi connectivity index (χ2n) is 5.01. The van der Waals surface area contributed by atoms with Crippen LogP contribution in [0.2, 0.25) is 0 Å². The number of hydrogen-bond donors (Lipinski definition) is 2. The van der Waals surface area contributed by atoms with Crippen molar-refractivity contribution in [3.63, 3.8) is 0 Å². The van der Waals surface area contributed by atoms with E-state index in [2.05, 4.69) is 0 Å². The molecule has 0 saturated carbocycles. The number of nitrogens with two attached hydrogens (primary N) is 1. The zero-order valence-corrected chi connectivity index (χ0v) is 11.4. The van der Waals surface area contributed by atoms with Crippen molar-refractivity contribution in [3.05, 3.63) is 0 Å². The highest BCUT2D eigenvalue weighted by molar-refractivity contribution is 7.92. The van der Waals surface area contributed by atoms with Crippen LogP contribution in [-0.4, -0.2) is 49.8 Å². The van der Waals surface area contributed by atoms with E-state index in [1.165, 1.54) is 0 Å². The van der Waals surface area contributed by atoms with Crippen molar-refractivity contribution in [3.8, 4) is 0 Å². The average molecular weight is 249 g/mol. The van der Waals surface area contributed by atoms with Gasteiger partial charge in [0, 0.05) is 19.5 Å². The minimum atomic E-state index is -3.06. The molecule has 0 amide bonds. The van der Waals surface area contributed by atoms with Gasteiger partial charge in [-0.1, -0.05) is 0 Å². The van der Waals surface area contributed by atoms with Crippen LogP contribution in [0, 0.1) is 5.41 Å². The highest BCUT2D eigenvalue weighted by Crippen LogP contribution is 2.15. The Bertz CT molecular complexity index is 330. The van der Waals surface area contributed by atoms with Crippen molar-refractivity contribution >= 4 is 15.7 Å². The third-order valence-electron chi connectivity index (χ3n) is 2.44. The largest absolute Gasteiger partial charge is 0.388 e. The van der Waals surface area contributed by atoms with E-state index >= 15 is 0 Å². The van der Waals surface area contributed by atoms with Crippen LogP contribution in [0.25, 0.3) is 0 Å². The van der Waals surface area contributed by atoms with E-state index in [1.807, 2.05) is 11.9 Å². The van der Waals surface area contributed by atoms with Crippen LogP contribution in [0.1, 0.15) is 27.2 Å². The summed E-state index contributed by atoms with van der Waals surface area (Å²) in [7, 11) is -1.22. The van der Waals surface area contributed by atoms with Crippen molar-refractivity contribution in [2.24, 2.45) is 5.73 Å². The van der Waals surface area contributed by atoms with Gasteiger partial charge in [0.05, 0.1) is 16.3 Å². The molecular formula is C10H23N3O2S. The van der Waals surface area contributed by atoms with Crippen molar-refractivity contribution in [1.29, 1.82) is 5.41 Å². The van der Waals surface area contributed by atoms with Gasteiger partial charge in [-0.25, -0.2) is 8.42 Å². The first kappa shape index (κ1) is 15.4. The Hall–Kier alpha value is -0.620. The van der Waals surface area contributed by atoms with E-state index in [0.717, 1.165) is 0 Å². The molecule has 0 spiro atoms. The summed E-state index contributed by atoms with van der Waals surface area (Å²) >= 11 is 0. The molecule has 0 aliphatic heterocycles. The van der Waals surface area contributed by atoms with E-state index in [4.69, 9.17) is 11.1 Å². The zero-order chi connectivity index (χ0) is 13.0. The van der Waals surface area contributed by atoms with Gasteiger partial charge in [-0.3, -0.25) is 5.41 Å². The molecule has 0 aliphatic rings. The molecule has 0 unspecified atom stereocenters. The molecular weight excluding hydrogens is 226 g/mol. The molecule has 96 valence electrons. The van der Waals surface area contributed by atoms with Gasteiger partial charge in [0.15, 0.2) is 9.84 Å². The topological polar surface area (TPSA) is 87.2 Å². The Kier molecular flexibility index (Phi) is 5.41. The van der Waals surface area contributed by atoms with Crippen molar-refractivity contribution in [2.75, 3.05) is 25.9 Å². The Balaban J connectivity index is 4.11. The average Bonchev–Trinajstić information content (AvgIpc) is 2.09. The van der Waals surface area contributed by atoms with Gasteiger partial charge in [-0.15, -0.1) is 0 Å². The second kappa shape index (κ2) is 5.63. The Labute approximate surface area is 98.4 Å².